The Labute approximate surface area is 348 Å². The lowest BCUT2D eigenvalue weighted by atomic mass is 10.1. The van der Waals surface area contributed by atoms with Gasteiger partial charge in [-0.25, -0.2) is 17.6 Å². The van der Waals surface area contributed by atoms with Crippen molar-refractivity contribution in [1.29, 1.82) is 0 Å². The van der Waals surface area contributed by atoms with E-state index in [-0.39, 0.29) is 23.3 Å². The van der Waals surface area contributed by atoms with Crippen molar-refractivity contribution in [2.75, 3.05) is 52.5 Å². The summed E-state index contributed by atoms with van der Waals surface area (Å²) in [6.07, 6.45) is 3.77. The molecule has 61 heavy (non-hydrogen) atoms. The Kier molecular flexibility index (Phi) is 10.2. The molecule has 0 bridgehead atoms. The first-order valence-electron chi connectivity index (χ1n) is 21.2. The number of nitrogens with zero attached hydrogens (tertiary/aromatic N) is 2. The summed E-state index contributed by atoms with van der Waals surface area (Å²) in [4.78, 5) is 18.3. The van der Waals surface area contributed by atoms with Crippen molar-refractivity contribution in [3.05, 3.63) is 108 Å². The lowest BCUT2D eigenvalue weighted by Crippen LogP contribution is -2.33. The van der Waals surface area contributed by atoms with Gasteiger partial charge in [-0.2, -0.15) is 0 Å². The molecule has 0 aliphatic carbocycles. The summed E-state index contributed by atoms with van der Waals surface area (Å²) >= 11 is 0. The summed E-state index contributed by atoms with van der Waals surface area (Å²) in [6.45, 7) is 11.1. The largest absolute Gasteiger partial charge is 0.488 e. The molecule has 6 aromatic carbocycles. The number of fused-ring (bicyclic) bond motifs is 12. The number of H-pyrrole nitrogens is 4. The van der Waals surface area contributed by atoms with E-state index in [2.05, 4.69) is 43.6 Å². The fourth-order valence-electron chi connectivity index (χ4n) is 9.16. The van der Waals surface area contributed by atoms with Crippen molar-refractivity contribution in [3.8, 4) is 11.5 Å². The molecule has 4 aromatic heterocycles. The number of piperidine rings is 1. The van der Waals surface area contributed by atoms with Gasteiger partial charge in [0.15, 0.2) is 11.5 Å². The second kappa shape index (κ2) is 16.0. The molecule has 10 aromatic rings. The van der Waals surface area contributed by atoms with Crippen LogP contribution in [0.5, 0.6) is 11.5 Å². The number of aromatic nitrogens is 4. The molecule has 0 saturated carbocycles. The minimum atomic E-state index is -0.294. The molecule has 12 heteroatoms. The normalized spacial score (nSPS) is 13.9. The van der Waals surface area contributed by atoms with Crippen LogP contribution in [0.1, 0.15) is 33.1 Å². The average molecular weight is 827 g/mol. The SMILES string of the molecule is CCN(CC)CCOc1c2[nH]c3ccc(F)cc3c2cc2c1[nH]c1ccc(F)cc12.Fc1ccc2[nH]c3c(OCCN4CCCCC4)c4[nH]c5ccc(F)cc5c4cc3c2c1. The highest BCUT2D eigenvalue weighted by atomic mass is 19.1. The van der Waals surface area contributed by atoms with Crippen LogP contribution in [0, 0.1) is 23.3 Å². The Morgan fingerprint density at radius 3 is 1.20 bits per heavy atom. The number of halogens is 4. The Balaban J connectivity index is 0.000000146. The Hall–Kier alpha value is -6.24. The van der Waals surface area contributed by atoms with Crippen LogP contribution in [-0.2, 0) is 0 Å². The molecule has 0 radical (unpaired) electrons. The van der Waals surface area contributed by atoms with Crippen LogP contribution in [0.3, 0.4) is 0 Å². The van der Waals surface area contributed by atoms with Gasteiger partial charge in [0.1, 0.15) is 36.5 Å². The quantitative estimate of drug-likeness (QED) is 0.103. The van der Waals surface area contributed by atoms with E-state index in [0.29, 0.717) is 24.7 Å². The van der Waals surface area contributed by atoms with Crippen LogP contribution in [0.2, 0.25) is 0 Å². The average Bonchev–Trinajstić information content (AvgIpc) is 4.03. The van der Waals surface area contributed by atoms with Gasteiger partial charge < -0.3 is 34.3 Å². The maximum atomic E-state index is 14.0. The third kappa shape index (κ3) is 7.17. The van der Waals surface area contributed by atoms with Gasteiger partial charge in [-0.3, -0.25) is 4.90 Å². The van der Waals surface area contributed by atoms with Gasteiger partial charge in [-0.15, -0.1) is 0 Å². The molecule has 8 nitrogen and oxygen atoms in total. The number of hydrogen-bond acceptors (Lipinski definition) is 4. The fraction of sp³-hybridized carbons (Fsp3) is 0.265. The summed E-state index contributed by atoms with van der Waals surface area (Å²) < 4.78 is 68.6. The summed E-state index contributed by atoms with van der Waals surface area (Å²) in [5.41, 5.74) is 6.66. The molecule has 0 amide bonds. The van der Waals surface area contributed by atoms with E-state index in [0.717, 1.165) is 126 Å². The van der Waals surface area contributed by atoms with Gasteiger partial charge in [-0.05, 0) is 124 Å². The Morgan fingerprint density at radius 2 is 0.836 bits per heavy atom. The van der Waals surface area contributed by atoms with Crippen LogP contribution in [0.15, 0.2) is 84.9 Å². The lowest BCUT2D eigenvalue weighted by molar-refractivity contribution is 0.185. The summed E-state index contributed by atoms with van der Waals surface area (Å²) in [5, 5.41) is 6.63. The molecule has 0 unspecified atom stereocenters. The van der Waals surface area contributed by atoms with Gasteiger partial charge in [0.2, 0.25) is 0 Å². The van der Waals surface area contributed by atoms with Gasteiger partial charge in [0, 0.05) is 78.2 Å². The molecule has 5 heterocycles. The van der Waals surface area contributed by atoms with Crippen LogP contribution in [0.4, 0.5) is 17.6 Å². The van der Waals surface area contributed by atoms with E-state index in [1.807, 2.05) is 12.1 Å². The molecular weight excluding hydrogens is 781 g/mol. The number of rotatable bonds is 10. The topological polar surface area (TPSA) is 88.1 Å². The van der Waals surface area contributed by atoms with Crippen LogP contribution in [0.25, 0.3) is 87.2 Å². The predicted molar refractivity (Wildman–Crippen MR) is 239 cm³/mol. The number of ether oxygens (including phenoxy) is 2. The van der Waals surface area contributed by atoms with Gasteiger partial charge in [-0.1, -0.05) is 20.3 Å². The Morgan fingerprint density at radius 1 is 0.475 bits per heavy atom. The first-order chi connectivity index (χ1) is 29.8. The third-order valence-electron chi connectivity index (χ3n) is 12.3. The molecule has 4 N–H and O–H groups in total. The van der Waals surface area contributed by atoms with E-state index in [1.54, 1.807) is 24.3 Å². The van der Waals surface area contributed by atoms with Crippen molar-refractivity contribution in [1.82, 2.24) is 29.7 Å². The fourth-order valence-corrected chi connectivity index (χ4v) is 9.16. The van der Waals surface area contributed by atoms with Crippen LogP contribution in [-0.4, -0.2) is 82.2 Å². The number of benzene rings is 6. The minimum absolute atomic E-state index is 0.286. The highest BCUT2D eigenvalue weighted by Crippen LogP contribution is 2.43. The zero-order valence-electron chi connectivity index (χ0n) is 34.1. The molecule has 1 fully saturated rings. The highest BCUT2D eigenvalue weighted by molar-refractivity contribution is 6.22. The third-order valence-corrected chi connectivity index (χ3v) is 12.3. The molecular formula is C49H46F4N6O2. The maximum absolute atomic E-state index is 14.0. The first kappa shape index (κ1) is 38.9. The van der Waals surface area contributed by atoms with Crippen molar-refractivity contribution in [2.24, 2.45) is 0 Å². The number of hydrogen-bond donors (Lipinski definition) is 4. The zero-order chi connectivity index (χ0) is 41.8. The molecule has 0 atom stereocenters. The number of likely N-dealkylation sites (tertiary alicyclic amines) is 1. The zero-order valence-corrected chi connectivity index (χ0v) is 34.1. The van der Waals surface area contributed by atoms with E-state index < -0.39 is 0 Å². The van der Waals surface area contributed by atoms with Gasteiger partial charge in [0.05, 0.1) is 22.1 Å². The monoisotopic (exact) mass is 826 g/mol. The molecule has 1 aliphatic rings. The van der Waals surface area contributed by atoms with E-state index in [1.165, 1.54) is 67.8 Å². The molecule has 11 rings (SSSR count). The van der Waals surface area contributed by atoms with E-state index >= 15 is 0 Å². The second-order valence-corrected chi connectivity index (χ2v) is 16.0. The van der Waals surface area contributed by atoms with Crippen molar-refractivity contribution >= 4 is 87.2 Å². The number of nitrogens with one attached hydrogen (secondary N) is 4. The van der Waals surface area contributed by atoms with E-state index in [4.69, 9.17) is 9.47 Å². The molecule has 1 saturated heterocycles. The van der Waals surface area contributed by atoms with E-state index in [9.17, 15) is 17.6 Å². The minimum Gasteiger partial charge on any atom is -0.488 e. The van der Waals surface area contributed by atoms with Crippen molar-refractivity contribution in [2.45, 2.75) is 33.1 Å². The molecule has 1 aliphatic heterocycles. The van der Waals surface area contributed by atoms with Crippen LogP contribution >= 0.6 is 0 Å². The molecule has 0 spiro atoms. The summed E-state index contributed by atoms with van der Waals surface area (Å²) in [7, 11) is 0. The van der Waals surface area contributed by atoms with Crippen LogP contribution < -0.4 is 9.47 Å². The lowest BCUT2D eigenvalue weighted by Gasteiger charge is -2.26. The standard InChI is InChI=1S/C25H23F2N3O.C24H23F2N3O/c26-15-4-6-21-17(12-15)19-14-20-18-13-16(27)5-7-22(18)29-24(20)25(23(19)28-21)31-11-10-30-8-2-1-3-9-30;1-3-29(4-2)9-10-30-24-22-18(16-11-14(25)5-7-20(16)27-22)13-19-17-12-15(26)6-8-21(17)28-23(19)24/h4-7,12-14,28-29H,1-3,8-11H2;5-8,11-13,27-28H,3-4,9-10H2,1-2H3. The predicted octanol–water partition coefficient (Wildman–Crippen LogP) is 12.1. The van der Waals surface area contributed by atoms with Crippen molar-refractivity contribution in [3.63, 3.8) is 0 Å². The second-order valence-electron chi connectivity index (χ2n) is 16.0. The highest BCUT2D eigenvalue weighted by Gasteiger charge is 2.21. The smallest absolute Gasteiger partial charge is 0.167 e. The molecule has 312 valence electrons. The number of aromatic amines is 4. The first-order valence-corrected chi connectivity index (χ1v) is 21.2. The maximum Gasteiger partial charge on any atom is 0.167 e. The Bertz CT molecular complexity index is 3060. The summed E-state index contributed by atoms with van der Waals surface area (Å²) in [6, 6.07) is 22.8. The van der Waals surface area contributed by atoms with Crippen molar-refractivity contribution < 1.29 is 27.0 Å². The summed E-state index contributed by atoms with van der Waals surface area (Å²) in [5.74, 6) is 0.229. The van der Waals surface area contributed by atoms with Gasteiger partial charge >= 0.3 is 0 Å². The van der Waals surface area contributed by atoms with Gasteiger partial charge in [0.25, 0.3) is 0 Å². The number of likely N-dealkylation sites (N-methyl/N-ethyl adjacent to an activating group) is 1.